The first-order valence-corrected chi connectivity index (χ1v) is 5.92. The molecule has 3 rings (SSSR count). The van der Waals surface area contributed by atoms with Crippen molar-refractivity contribution in [3.63, 3.8) is 0 Å². The molecule has 7 nitrogen and oxygen atoms in total. The Hall–Kier alpha value is -2.96. The largest absolute Gasteiger partial charge is 0.494 e. The van der Waals surface area contributed by atoms with Gasteiger partial charge in [-0.05, 0) is 18.2 Å². The molecule has 0 unspecified atom stereocenters. The Labute approximate surface area is 115 Å². The smallest absolute Gasteiger partial charge is 0.186 e. The SMILES string of the molecule is COc1cccnc1-c1nc(N)cc(-n2cccn2)n1. The third kappa shape index (κ3) is 2.16. The van der Waals surface area contributed by atoms with Crippen LogP contribution < -0.4 is 10.5 Å². The first-order chi connectivity index (χ1) is 9.78. The van der Waals surface area contributed by atoms with Crippen LogP contribution in [0.15, 0.2) is 42.9 Å². The molecule has 0 radical (unpaired) electrons. The third-order valence-corrected chi connectivity index (χ3v) is 2.67. The maximum Gasteiger partial charge on any atom is 0.186 e. The lowest BCUT2D eigenvalue weighted by Gasteiger charge is -2.08. The number of nitrogen functional groups attached to an aromatic ring is 1. The molecule has 3 aromatic heterocycles. The molecular weight excluding hydrogens is 256 g/mol. The normalized spacial score (nSPS) is 10.4. The molecule has 0 bridgehead atoms. The zero-order valence-corrected chi connectivity index (χ0v) is 10.8. The first kappa shape index (κ1) is 12.1. The predicted molar refractivity (Wildman–Crippen MR) is 73.3 cm³/mol. The molecule has 3 aromatic rings. The minimum Gasteiger partial charge on any atom is -0.494 e. The lowest BCUT2D eigenvalue weighted by Crippen LogP contribution is -2.05. The van der Waals surface area contributed by atoms with Crippen molar-refractivity contribution in [3.8, 4) is 23.1 Å². The zero-order chi connectivity index (χ0) is 13.9. The second-order valence-electron chi connectivity index (χ2n) is 3.98. The Morgan fingerprint density at radius 1 is 1.20 bits per heavy atom. The number of hydrogen-bond donors (Lipinski definition) is 1. The molecule has 0 aliphatic rings. The molecule has 0 atom stereocenters. The van der Waals surface area contributed by atoms with E-state index in [1.165, 1.54) is 0 Å². The Kier molecular flexibility index (Phi) is 3.00. The van der Waals surface area contributed by atoms with E-state index < -0.39 is 0 Å². The van der Waals surface area contributed by atoms with Crippen LogP contribution in [0.1, 0.15) is 0 Å². The van der Waals surface area contributed by atoms with Gasteiger partial charge in [0.25, 0.3) is 0 Å². The number of methoxy groups -OCH3 is 1. The maximum atomic E-state index is 5.83. The van der Waals surface area contributed by atoms with Crippen molar-refractivity contribution in [2.75, 3.05) is 12.8 Å². The molecule has 20 heavy (non-hydrogen) atoms. The Bertz CT molecular complexity index is 725. The number of pyridine rings is 1. The fourth-order valence-electron chi connectivity index (χ4n) is 1.80. The van der Waals surface area contributed by atoms with E-state index in [1.54, 1.807) is 54.6 Å². The predicted octanol–water partition coefficient (Wildman–Crippen LogP) is 1.32. The van der Waals surface area contributed by atoms with Crippen molar-refractivity contribution in [3.05, 3.63) is 42.9 Å². The summed E-state index contributed by atoms with van der Waals surface area (Å²) < 4.78 is 6.87. The van der Waals surface area contributed by atoms with E-state index in [9.17, 15) is 0 Å². The molecule has 7 heteroatoms. The van der Waals surface area contributed by atoms with Crippen LogP contribution in [-0.2, 0) is 0 Å². The second kappa shape index (κ2) is 4.96. The van der Waals surface area contributed by atoms with Crippen LogP contribution in [-0.4, -0.2) is 31.8 Å². The van der Waals surface area contributed by atoms with E-state index >= 15 is 0 Å². The van der Waals surface area contributed by atoms with Gasteiger partial charge in [-0.25, -0.2) is 19.6 Å². The number of nitrogens with zero attached hydrogens (tertiary/aromatic N) is 5. The molecule has 0 amide bonds. The molecule has 0 saturated heterocycles. The van der Waals surface area contributed by atoms with Crippen LogP contribution in [0.5, 0.6) is 5.75 Å². The van der Waals surface area contributed by atoms with Crippen LogP contribution in [0.25, 0.3) is 17.3 Å². The van der Waals surface area contributed by atoms with Crippen LogP contribution in [0.4, 0.5) is 5.82 Å². The molecule has 0 saturated carbocycles. The van der Waals surface area contributed by atoms with E-state index in [2.05, 4.69) is 20.1 Å². The average molecular weight is 268 g/mol. The summed E-state index contributed by atoms with van der Waals surface area (Å²) in [6.45, 7) is 0. The van der Waals surface area contributed by atoms with Crippen LogP contribution in [0.2, 0.25) is 0 Å². The molecule has 0 fully saturated rings. The minimum atomic E-state index is 0.341. The van der Waals surface area contributed by atoms with E-state index in [4.69, 9.17) is 10.5 Å². The van der Waals surface area contributed by atoms with Gasteiger partial charge in [0.05, 0.1) is 7.11 Å². The van der Waals surface area contributed by atoms with Gasteiger partial charge in [-0.2, -0.15) is 5.10 Å². The van der Waals surface area contributed by atoms with Crippen molar-refractivity contribution in [1.82, 2.24) is 24.7 Å². The molecular formula is C13H12N6O. The van der Waals surface area contributed by atoms with Gasteiger partial charge in [0.1, 0.15) is 17.3 Å². The summed E-state index contributed by atoms with van der Waals surface area (Å²) in [7, 11) is 1.57. The highest BCUT2D eigenvalue weighted by atomic mass is 16.5. The van der Waals surface area contributed by atoms with E-state index in [1.807, 2.05) is 0 Å². The number of nitrogens with two attached hydrogens (primary N) is 1. The quantitative estimate of drug-likeness (QED) is 0.770. The van der Waals surface area contributed by atoms with Gasteiger partial charge in [-0.15, -0.1) is 0 Å². The molecule has 100 valence electrons. The van der Waals surface area contributed by atoms with E-state index in [0.717, 1.165) is 0 Å². The summed E-state index contributed by atoms with van der Waals surface area (Å²) in [5, 5.41) is 4.12. The highest BCUT2D eigenvalue weighted by molar-refractivity contribution is 5.61. The van der Waals surface area contributed by atoms with Gasteiger partial charge in [0, 0.05) is 24.7 Å². The average Bonchev–Trinajstić information content (AvgIpc) is 3.01. The Morgan fingerprint density at radius 2 is 2.10 bits per heavy atom. The highest BCUT2D eigenvalue weighted by Gasteiger charge is 2.12. The lowest BCUT2D eigenvalue weighted by atomic mass is 10.3. The third-order valence-electron chi connectivity index (χ3n) is 2.67. The summed E-state index contributed by atoms with van der Waals surface area (Å²) in [5.41, 5.74) is 6.37. The van der Waals surface area contributed by atoms with Crippen LogP contribution in [0.3, 0.4) is 0 Å². The number of aromatic nitrogens is 5. The van der Waals surface area contributed by atoms with Crippen molar-refractivity contribution in [1.29, 1.82) is 0 Å². The van der Waals surface area contributed by atoms with Crippen LogP contribution >= 0.6 is 0 Å². The zero-order valence-electron chi connectivity index (χ0n) is 10.8. The maximum absolute atomic E-state index is 5.83. The topological polar surface area (TPSA) is 91.7 Å². The summed E-state index contributed by atoms with van der Waals surface area (Å²) in [6.07, 6.45) is 5.10. The second-order valence-corrected chi connectivity index (χ2v) is 3.98. The van der Waals surface area contributed by atoms with Gasteiger partial charge in [0.15, 0.2) is 11.6 Å². The molecule has 0 aliphatic heterocycles. The monoisotopic (exact) mass is 268 g/mol. The van der Waals surface area contributed by atoms with Gasteiger partial charge < -0.3 is 10.5 Å². The summed E-state index contributed by atoms with van der Waals surface area (Å²) in [5.74, 6) is 1.90. The molecule has 0 spiro atoms. The molecule has 0 aliphatic carbocycles. The number of ether oxygens (including phenoxy) is 1. The van der Waals surface area contributed by atoms with Crippen molar-refractivity contribution in [2.45, 2.75) is 0 Å². The lowest BCUT2D eigenvalue weighted by molar-refractivity contribution is 0.414. The van der Waals surface area contributed by atoms with Gasteiger partial charge in [-0.1, -0.05) is 0 Å². The summed E-state index contributed by atoms with van der Waals surface area (Å²) in [4.78, 5) is 12.9. The van der Waals surface area contributed by atoms with Crippen molar-refractivity contribution >= 4 is 5.82 Å². The fraction of sp³-hybridized carbons (Fsp3) is 0.0769. The van der Waals surface area contributed by atoms with E-state index in [0.29, 0.717) is 28.9 Å². The number of hydrogen-bond acceptors (Lipinski definition) is 6. The van der Waals surface area contributed by atoms with Gasteiger partial charge in [-0.3, -0.25) is 0 Å². The van der Waals surface area contributed by atoms with E-state index in [-0.39, 0.29) is 0 Å². The first-order valence-electron chi connectivity index (χ1n) is 5.92. The summed E-state index contributed by atoms with van der Waals surface area (Å²) >= 11 is 0. The number of anilines is 1. The Morgan fingerprint density at radius 3 is 2.85 bits per heavy atom. The van der Waals surface area contributed by atoms with Crippen molar-refractivity contribution < 1.29 is 4.74 Å². The standard InChI is InChI=1S/C13H12N6O/c1-20-9-4-2-5-15-12(9)13-17-10(14)8-11(18-13)19-7-3-6-16-19/h2-8H,1H3,(H2,14,17,18). The number of rotatable bonds is 3. The Balaban J connectivity index is 2.15. The molecule has 3 heterocycles. The summed E-state index contributed by atoms with van der Waals surface area (Å²) in [6, 6.07) is 7.02. The van der Waals surface area contributed by atoms with Crippen LogP contribution in [0, 0.1) is 0 Å². The minimum absolute atomic E-state index is 0.341. The highest BCUT2D eigenvalue weighted by Crippen LogP contribution is 2.25. The van der Waals surface area contributed by atoms with Gasteiger partial charge in [0.2, 0.25) is 0 Å². The molecule has 0 aromatic carbocycles. The molecule has 2 N–H and O–H groups in total. The van der Waals surface area contributed by atoms with Crippen molar-refractivity contribution in [2.24, 2.45) is 0 Å². The van der Waals surface area contributed by atoms with Gasteiger partial charge >= 0.3 is 0 Å². The fourth-order valence-corrected chi connectivity index (χ4v) is 1.80.